The predicted octanol–water partition coefficient (Wildman–Crippen LogP) is 3.53. The number of ether oxygens (including phenoxy) is 2. The largest absolute Gasteiger partial charge is 0.850 e. The number of carbonyl (C=O) groups is 5. The zero-order valence-corrected chi connectivity index (χ0v) is 31.9. The van der Waals surface area contributed by atoms with Gasteiger partial charge in [0.25, 0.3) is 5.91 Å². The molecule has 1 heterocycles. The number of nitrogens with zero attached hydrogens (tertiary/aromatic N) is 1. The second-order valence-corrected chi connectivity index (χ2v) is 15.7. The van der Waals surface area contributed by atoms with Gasteiger partial charge in [-0.2, -0.15) is 0 Å². The maximum absolute atomic E-state index is 14.2. The first-order valence-corrected chi connectivity index (χ1v) is 19.0. The van der Waals surface area contributed by atoms with Gasteiger partial charge in [-0.15, -0.1) is 12.2 Å². The van der Waals surface area contributed by atoms with Gasteiger partial charge in [-0.05, 0) is 89.5 Å². The van der Waals surface area contributed by atoms with Crippen LogP contribution in [0.15, 0.2) is 36.9 Å². The van der Waals surface area contributed by atoms with Gasteiger partial charge in [0.15, 0.2) is 0 Å². The van der Waals surface area contributed by atoms with Crippen molar-refractivity contribution in [1.29, 1.82) is 0 Å². The van der Waals surface area contributed by atoms with Crippen molar-refractivity contribution in [3.05, 3.63) is 42.5 Å². The third-order valence-electron chi connectivity index (χ3n) is 9.40. The molecule has 0 spiro atoms. The highest BCUT2D eigenvalue weighted by Crippen LogP contribution is 2.29. The Hall–Kier alpha value is -3.77. The van der Waals surface area contributed by atoms with E-state index < -0.39 is 52.9 Å². The van der Waals surface area contributed by atoms with Crippen LogP contribution in [0.4, 0.5) is 0 Å². The monoisotopic (exact) mass is 725 g/mol. The van der Waals surface area contributed by atoms with E-state index in [2.05, 4.69) is 22.5 Å². The number of ketones is 1. The van der Waals surface area contributed by atoms with Crippen LogP contribution in [0.25, 0.3) is 0 Å². The number of likely N-dealkylation sites (tertiary alicyclic amines) is 1. The van der Waals surface area contributed by atoms with E-state index >= 15 is 0 Å². The highest BCUT2D eigenvalue weighted by molar-refractivity contribution is 6.38. The molecule has 3 rings (SSSR count). The lowest BCUT2D eigenvalue weighted by molar-refractivity contribution is -0.467. The van der Waals surface area contributed by atoms with Gasteiger partial charge >= 0.3 is 5.97 Å². The molecule has 1 aliphatic carbocycles. The number of benzene rings is 1. The third kappa shape index (κ3) is 15.1. The number of nitrogens with one attached hydrogen (secondary N) is 3. The van der Waals surface area contributed by atoms with Gasteiger partial charge < -0.3 is 35.4 Å². The molecule has 0 aromatic heterocycles. The Labute approximate surface area is 309 Å². The van der Waals surface area contributed by atoms with E-state index in [1.54, 1.807) is 39.5 Å². The normalized spacial score (nSPS) is 17.9. The maximum atomic E-state index is 14.2. The molecule has 0 radical (unpaired) electrons. The number of esters is 1. The Balaban J connectivity index is 1.62. The highest BCUT2D eigenvalue weighted by Gasteiger charge is 2.39. The molecular formula is C40H61N4O8-. The molecule has 1 aromatic carbocycles. The van der Waals surface area contributed by atoms with Crippen molar-refractivity contribution in [1.82, 2.24) is 20.9 Å². The van der Waals surface area contributed by atoms with E-state index in [4.69, 9.17) is 9.47 Å². The Bertz CT molecular complexity index is 1360. The van der Waals surface area contributed by atoms with Crippen LogP contribution in [0, 0.1) is 5.92 Å². The first-order valence-electron chi connectivity index (χ1n) is 19.0. The molecule has 3 amide bonds. The topological polar surface area (TPSA) is 166 Å². The van der Waals surface area contributed by atoms with Crippen LogP contribution in [-0.2, 0) is 35.1 Å². The van der Waals surface area contributed by atoms with Crippen LogP contribution in [0.1, 0.15) is 111 Å². The van der Waals surface area contributed by atoms with Crippen molar-refractivity contribution in [2.45, 2.75) is 141 Å². The molecule has 12 heteroatoms. The average molecular weight is 726 g/mol. The molecule has 3 N–H and O–H groups in total. The second kappa shape index (κ2) is 20.5. The molecule has 290 valence electrons. The molecule has 1 aromatic rings. The van der Waals surface area contributed by atoms with Crippen molar-refractivity contribution < 1.29 is 38.6 Å². The zero-order chi connectivity index (χ0) is 38.3. The summed E-state index contributed by atoms with van der Waals surface area (Å²) in [6, 6.07) is 5.35. The van der Waals surface area contributed by atoms with Gasteiger partial charge in [-0.3, -0.25) is 24.0 Å². The van der Waals surface area contributed by atoms with Gasteiger partial charge in [-0.25, -0.2) is 0 Å². The van der Waals surface area contributed by atoms with Crippen molar-refractivity contribution in [2.75, 3.05) is 26.2 Å². The molecule has 1 saturated carbocycles. The summed E-state index contributed by atoms with van der Waals surface area (Å²) in [6.07, 6.45) is 9.83. The van der Waals surface area contributed by atoms with E-state index in [-0.39, 0.29) is 25.3 Å². The van der Waals surface area contributed by atoms with E-state index in [9.17, 15) is 29.1 Å². The minimum absolute atomic E-state index is 0.0272. The number of hydrogen-bond acceptors (Lipinski definition) is 9. The molecule has 0 bridgehead atoms. The molecule has 2 fully saturated rings. The fraction of sp³-hybridized carbons (Fsp3) is 0.675. The van der Waals surface area contributed by atoms with Gasteiger partial charge in [0.1, 0.15) is 23.4 Å². The minimum atomic E-state index is -1.16. The highest BCUT2D eigenvalue weighted by atomic mass is 16.6. The molecule has 1 aliphatic heterocycles. The van der Waals surface area contributed by atoms with Crippen LogP contribution in [-0.4, -0.2) is 89.9 Å². The maximum Gasteiger partial charge on any atom is 0.308 e. The summed E-state index contributed by atoms with van der Waals surface area (Å²) in [5.74, 6) is -1.78. The summed E-state index contributed by atoms with van der Waals surface area (Å²) >= 11 is 0. The Morgan fingerprint density at radius 3 is 2.40 bits per heavy atom. The lowest BCUT2D eigenvalue weighted by Gasteiger charge is -2.32. The summed E-state index contributed by atoms with van der Waals surface area (Å²) < 4.78 is 11.1. The van der Waals surface area contributed by atoms with Gasteiger partial charge in [0, 0.05) is 13.1 Å². The molecular weight excluding hydrogens is 664 g/mol. The summed E-state index contributed by atoms with van der Waals surface area (Å²) in [4.78, 5) is 67.2. The quantitative estimate of drug-likeness (QED) is 0.104. The fourth-order valence-corrected chi connectivity index (χ4v) is 6.71. The summed E-state index contributed by atoms with van der Waals surface area (Å²) in [5, 5.41) is 20.6. The number of amides is 3. The smallest absolute Gasteiger partial charge is 0.308 e. The number of rotatable bonds is 20. The van der Waals surface area contributed by atoms with Crippen molar-refractivity contribution in [3.63, 3.8) is 0 Å². The van der Waals surface area contributed by atoms with E-state index in [1.807, 2.05) is 24.3 Å². The first kappa shape index (κ1) is 42.6. The van der Waals surface area contributed by atoms with Crippen LogP contribution >= 0.6 is 0 Å². The van der Waals surface area contributed by atoms with E-state index in [0.29, 0.717) is 63.5 Å². The summed E-state index contributed by atoms with van der Waals surface area (Å²) in [6.45, 7) is 13.4. The van der Waals surface area contributed by atoms with Crippen LogP contribution in [0.3, 0.4) is 0 Å². The molecule has 1 saturated heterocycles. The number of hydrogen-bond donors (Lipinski definition) is 3. The number of carbonyl (C=O) groups excluding carboxylic acids is 5. The van der Waals surface area contributed by atoms with E-state index in [0.717, 1.165) is 31.2 Å². The second-order valence-electron chi connectivity index (χ2n) is 15.7. The third-order valence-corrected chi connectivity index (χ3v) is 9.40. The predicted molar refractivity (Wildman–Crippen MR) is 197 cm³/mol. The van der Waals surface area contributed by atoms with Crippen molar-refractivity contribution in [2.24, 2.45) is 5.92 Å². The molecule has 52 heavy (non-hydrogen) atoms. The molecule has 2 unspecified atom stereocenters. The lowest BCUT2D eigenvalue weighted by atomic mass is 9.84. The lowest BCUT2D eigenvalue weighted by Crippen LogP contribution is -2.56. The summed E-state index contributed by atoms with van der Waals surface area (Å²) in [5.41, 5.74) is -0.679. The standard InChI is InChI=1S/C40H61N4O8/c1-7-13-31(35(46)37(48)42-23-20-34(45)52-39(2,3)4)43-36(47)33-18-12-24-44(33)38(49)32(27-28-14-9-8-10-15-28)41-22-19-29-16-11-17-30(26-29)51-25-21-40(5,6)50/h7,11,16-17,26,28,31-33,41H,1,8-10,12-15,18-25,27H2,2-6H3,(H,42,48)(H,43,47)/q-1/t31?,32?,33-/m0/s1. The Morgan fingerprint density at radius 1 is 1.00 bits per heavy atom. The molecule has 12 nitrogen and oxygen atoms in total. The fourth-order valence-electron chi connectivity index (χ4n) is 6.71. The van der Waals surface area contributed by atoms with Crippen molar-refractivity contribution in [3.8, 4) is 5.75 Å². The number of Topliss-reactive ketones (excluding diaryl/α,β-unsaturated/α-hetero) is 1. The zero-order valence-electron chi connectivity index (χ0n) is 31.9. The molecule has 2 aliphatic rings. The van der Waals surface area contributed by atoms with Crippen LogP contribution < -0.4 is 25.8 Å². The first-order chi connectivity index (χ1) is 24.6. The SMILES string of the molecule is C=CCC(NC(=O)[C@@H]1CCCN1C(=O)C(CC1CCCCC1)NCCc1cccc(OCCC(C)(C)[O-])c1)C(=O)C(=O)NCCC(=O)OC(C)(C)C. The van der Waals surface area contributed by atoms with Gasteiger partial charge in [0.2, 0.25) is 17.6 Å². The summed E-state index contributed by atoms with van der Waals surface area (Å²) in [7, 11) is 0. The van der Waals surface area contributed by atoms with Crippen molar-refractivity contribution >= 4 is 29.5 Å². The van der Waals surface area contributed by atoms with Crippen LogP contribution in [0.5, 0.6) is 5.75 Å². The molecule has 3 atom stereocenters. The Morgan fingerprint density at radius 2 is 1.73 bits per heavy atom. The van der Waals surface area contributed by atoms with Gasteiger partial charge in [-0.1, -0.05) is 64.2 Å². The average Bonchev–Trinajstić information content (AvgIpc) is 3.57. The Kier molecular flexibility index (Phi) is 16.8. The van der Waals surface area contributed by atoms with Crippen LogP contribution in [0.2, 0.25) is 0 Å². The van der Waals surface area contributed by atoms with E-state index in [1.165, 1.54) is 12.5 Å². The minimum Gasteiger partial charge on any atom is -0.850 e. The van der Waals surface area contributed by atoms with Gasteiger partial charge in [0.05, 0.1) is 19.1 Å².